The zero-order valence-electron chi connectivity index (χ0n) is 32.1. The Balaban J connectivity index is 1.58. The van der Waals surface area contributed by atoms with Gasteiger partial charge >= 0.3 is 0 Å². The molecule has 3 aliphatic rings. The van der Waals surface area contributed by atoms with E-state index in [4.69, 9.17) is 28.4 Å². The van der Waals surface area contributed by atoms with Crippen LogP contribution in [0.25, 0.3) is 0 Å². The van der Waals surface area contributed by atoms with Gasteiger partial charge in [0.25, 0.3) is 0 Å². The van der Waals surface area contributed by atoms with Gasteiger partial charge in [-0.3, -0.25) is 0 Å². The zero-order chi connectivity index (χ0) is 41.0. The van der Waals surface area contributed by atoms with Crippen LogP contribution in [0.1, 0.15) is 66.2 Å². The van der Waals surface area contributed by atoms with Crippen LogP contribution in [0, 0.1) is 0 Å². The summed E-state index contributed by atoms with van der Waals surface area (Å²) in [5.74, 6) is 0. The van der Waals surface area contributed by atoms with Crippen molar-refractivity contribution in [1.82, 2.24) is 0 Å². The second-order valence-corrected chi connectivity index (χ2v) is 15.0. The molecule has 17 heteroatoms. The molecule has 0 bridgehead atoms. The van der Waals surface area contributed by atoms with Gasteiger partial charge in [0.15, 0.2) is 18.9 Å². The number of hydrogen-bond acceptors (Lipinski definition) is 17. The van der Waals surface area contributed by atoms with Crippen molar-refractivity contribution in [1.29, 1.82) is 0 Å². The van der Waals surface area contributed by atoms with Gasteiger partial charge in [-0.2, -0.15) is 0 Å². The number of aliphatic hydroxyl groups is 11. The Labute approximate surface area is 322 Å². The van der Waals surface area contributed by atoms with Gasteiger partial charge < -0.3 is 84.6 Å². The van der Waals surface area contributed by atoms with E-state index < -0.39 is 118 Å². The highest BCUT2D eigenvalue weighted by Gasteiger charge is 2.52. The van der Waals surface area contributed by atoms with Crippen LogP contribution in [0.5, 0.6) is 0 Å². The first-order chi connectivity index (χ1) is 25.9. The molecule has 3 fully saturated rings. The highest BCUT2D eigenvalue weighted by atomic mass is 16.8. The first-order valence-corrected chi connectivity index (χ1v) is 18.8. The molecule has 0 amide bonds. The Morgan fingerprint density at radius 2 is 1.07 bits per heavy atom. The third-order valence-corrected chi connectivity index (χ3v) is 10.2. The van der Waals surface area contributed by atoms with E-state index >= 15 is 0 Å². The summed E-state index contributed by atoms with van der Waals surface area (Å²) >= 11 is 0. The molecule has 0 aromatic carbocycles. The summed E-state index contributed by atoms with van der Waals surface area (Å²) in [4.78, 5) is 0. The second kappa shape index (κ2) is 22.4. The van der Waals surface area contributed by atoms with Gasteiger partial charge in [-0.15, -0.1) is 6.58 Å². The number of ether oxygens (including phenoxy) is 6. The molecular formula is C38H64O17. The fourth-order valence-corrected chi connectivity index (χ4v) is 6.33. The zero-order valence-corrected chi connectivity index (χ0v) is 32.1. The van der Waals surface area contributed by atoms with E-state index in [9.17, 15) is 56.2 Å². The van der Waals surface area contributed by atoms with Gasteiger partial charge in [-0.05, 0) is 66.2 Å². The summed E-state index contributed by atoms with van der Waals surface area (Å²) in [6.45, 7) is 9.38. The molecule has 0 aromatic heterocycles. The van der Waals surface area contributed by atoms with Crippen molar-refractivity contribution < 1.29 is 84.6 Å². The second-order valence-electron chi connectivity index (χ2n) is 15.0. The van der Waals surface area contributed by atoms with Gasteiger partial charge in [0, 0.05) is 0 Å². The van der Waals surface area contributed by atoms with Crippen molar-refractivity contribution in [2.24, 2.45) is 0 Å². The molecule has 0 spiro atoms. The SMILES string of the molecule is C=C[C@@](C)(O)CC/C=C(\C)CC/C=C(\C)CC/C=C(\C)CO[C@@H]1O[C@@H](CO)[C@H](O)[C@@H](O)[C@H]1O[C@@H]1O[C@H](CO[C@@H]2O[C@@H](CO)[C@H](O)[C@@H](O)[C@H]2O)[C@@H](O)[C@H](O)[C@H]1O. The maximum atomic E-state index is 11.0. The lowest BCUT2D eigenvalue weighted by Gasteiger charge is -2.46. The van der Waals surface area contributed by atoms with Gasteiger partial charge in [-0.25, -0.2) is 0 Å². The van der Waals surface area contributed by atoms with Crippen molar-refractivity contribution >= 4 is 0 Å². The summed E-state index contributed by atoms with van der Waals surface area (Å²) in [5, 5.41) is 113. The number of rotatable bonds is 20. The molecule has 3 rings (SSSR count). The average molecular weight is 793 g/mol. The quantitative estimate of drug-likeness (QED) is 0.0631. The molecule has 3 aliphatic heterocycles. The Morgan fingerprint density at radius 1 is 0.600 bits per heavy atom. The number of hydrogen-bond donors (Lipinski definition) is 11. The van der Waals surface area contributed by atoms with Crippen molar-refractivity contribution in [2.45, 2.75) is 164 Å². The van der Waals surface area contributed by atoms with Gasteiger partial charge in [-0.1, -0.05) is 41.0 Å². The van der Waals surface area contributed by atoms with E-state index in [-0.39, 0.29) is 6.61 Å². The lowest BCUT2D eigenvalue weighted by molar-refractivity contribution is -0.371. The molecule has 0 unspecified atom stereocenters. The van der Waals surface area contributed by atoms with E-state index in [1.165, 1.54) is 11.1 Å². The third-order valence-electron chi connectivity index (χ3n) is 10.2. The van der Waals surface area contributed by atoms with E-state index in [1.807, 2.05) is 13.0 Å². The molecule has 55 heavy (non-hydrogen) atoms. The monoisotopic (exact) mass is 792 g/mol. The summed E-state index contributed by atoms with van der Waals surface area (Å²) in [6.07, 6.45) is -11.7. The third kappa shape index (κ3) is 13.7. The molecule has 3 saturated heterocycles. The smallest absolute Gasteiger partial charge is 0.187 e. The van der Waals surface area contributed by atoms with Gasteiger partial charge in [0.1, 0.15) is 73.2 Å². The molecule has 16 atom stereocenters. The predicted octanol–water partition coefficient (Wildman–Crippen LogP) is -1.43. The minimum atomic E-state index is -1.88. The molecule has 318 valence electrons. The molecule has 0 aromatic rings. The summed E-state index contributed by atoms with van der Waals surface area (Å²) in [5.41, 5.74) is 2.41. The normalized spacial score (nSPS) is 39.2. The van der Waals surface area contributed by atoms with E-state index in [0.29, 0.717) is 12.8 Å². The summed E-state index contributed by atoms with van der Waals surface area (Å²) < 4.78 is 33.9. The van der Waals surface area contributed by atoms with Gasteiger partial charge in [0.05, 0.1) is 32.0 Å². The topological polar surface area (TPSA) is 278 Å². The molecule has 0 aliphatic carbocycles. The minimum absolute atomic E-state index is 0.00194. The fraction of sp³-hybridized carbons (Fsp3) is 0.789. The molecular weight excluding hydrogens is 728 g/mol. The molecule has 0 radical (unpaired) electrons. The van der Waals surface area contributed by atoms with Crippen LogP contribution in [0.15, 0.2) is 47.6 Å². The van der Waals surface area contributed by atoms with Crippen LogP contribution in [-0.2, 0) is 28.4 Å². The highest BCUT2D eigenvalue weighted by molar-refractivity contribution is 5.07. The van der Waals surface area contributed by atoms with Gasteiger partial charge in [0.2, 0.25) is 0 Å². The average Bonchev–Trinajstić information content (AvgIpc) is 3.15. The largest absolute Gasteiger partial charge is 0.394 e. The maximum absolute atomic E-state index is 11.0. The van der Waals surface area contributed by atoms with Crippen LogP contribution in [0.2, 0.25) is 0 Å². The Hall–Kier alpha value is -1.72. The van der Waals surface area contributed by atoms with E-state index in [2.05, 4.69) is 32.6 Å². The lowest BCUT2D eigenvalue weighted by Crippen LogP contribution is -2.65. The van der Waals surface area contributed by atoms with Crippen molar-refractivity contribution in [2.75, 3.05) is 26.4 Å². The molecule has 17 nitrogen and oxygen atoms in total. The Bertz CT molecular complexity index is 1260. The fourth-order valence-electron chi connectivity index (χ4n) is 6.33. The van der Waals surface area contributed by atoms with Crippen LogP contribution < -0.4 is 0 Å². The predicted molar refractivity (Wildman–Crippen MR) is 195 cm³/mol. The summed E-state index contributed by atoms with van der Waals surface area (Å²) in [6, 6.07) is 0. The van der Waals surface area contributed by atoms with Crippen LogP contribution in [0.3, 0.4) is 0 Å². The van der Waals surface area contributed by atoms with Crippen molar-refractivity contribution in [3.8, 4) is 0 Å². The maximum Gasteiger partial charge on any atom is 0.187 e. The van der Waals surface area contributed by atoms with E-state index in [0.717, 1.165) is 31.3 Å². The summed E-state index contributed by atoms with van der Waals surface area (Å²) in [7, 11) is 0. The van der Waals surface area contributed by atoms with Crippen molar-refractivity contribution in [3.63, 3.8) is 0 Å². The van der Waals surface area contributed by atoms with Crippen LogP contribution in [-0.4, -0.2) is 180 Å². The first-order valence-electron chi connectivity index (χ1n) is 18.8. The highest BCUT2D eigenvalue weighted by Crippen LogP contribution is 2.31. The Kier molecular flexibility index (Phi) is 19.4. The molecule has 11 N–H and O–H groups in total. The first kappa shape index (κ1) is 47.7. The molecule has 3 heterocycles. The van der Waals surface area contributed by atoms with E-state index in [1.54, 1.807) is 13.0 Å². The molecule has 0 saturated carbocycles. The standard InChI is InChI=1S/C38H64O17/c1-6-38(5,49)15-9-14-21(3)11-7-10-20(2)12-8-13-22(4)18-50-37-34(31(46)27(42)24(17-40)53-37)55-36-33(48)30(45)28(43)25(54-36)19-51-35-32(47)29(44)26(41)23(16-39)52-35/h6,10,13-14,23-37,39-49H,1,7-9,11-12,15-19H2,2-5H3/b20-10+,21-14+,22-13+/t23-,24-,25+,26-,27-,28+,29+,30-,31+,32+,33+,34+,35+,36-,37+,38+/m0/s1. The number of allylic oxidation sites excluding steroid dienone is 5. The van der Waals surface area contributed by atoms with Crippen LogP contribution >= 0.6 is 0 Å². The van der Waals surface area contributed by atoms with Crippen molar-refractivity contribution in [3.05, 3.63) is 47.6 Å². The minimum Gasteiger partial charge on any atom is -0.394 e. The lowest BCUT2D eigenvalue weighted by atomic mass is 9.97. The number of aliphatic hydroxyl groups excluding tert-OH is 10. The Morgan fingerprint density at radius 3 is 1.64 bits per heavy atom. The van der Waals surface area contributed by atoms with Crippen LogP contribution in [0.4, 0.5) is 0 Å².